The summed E-state index contributed by atoms with van der Waals surface area (Å²) in [4.78, 5) is 0. The Hall–Kier alpha value is -0.626. The third kappa shape index (κ3) is 7.20. The van der Waals surface area contributed by atoms with Crippen LogP contribution in [0.3, 0.4) is 0 Å². The van der Waals surface area contributed by atoms with Crippen LogP contribution in [0.4, 0.5) is 0 Å². The molecule has 1 aliphatic carbocycles. The molecule has 0 aliphatic heterocycles. The van der Waals surface area contributed by atoms with E-state index in [1.54, 1.807) is 0 Å². The molecule has 0 saturated heterocycles. The first-order valence-electron chi connectivity index (χ1n) is 8.97. The molecule has 0 aromatic rings. The van der Waals surface area contributed by atoms with E-state index in [0.717, 1.165) is 25.2 Å². The zero-order chi connectivity index (χ0) is 17.8. The molecule has 0 unspecified atom stereocenters. The van der Waals surface area contributed by atoms with Gasteiger partial charge in [0, 0.05) is 25.5 Å². The van der Waals surface area contributed by atoms with Crippen LogP contribution in [-0.2, 0) is 0 Å². The third-order valence-corrected chi connectivity index (χ3v) is 8.90. The average molecular weight is 355 g/mol. The fraction of sp³-hybridized carbons (Fsp3) is 0.882. The van der Waals surface area contributed by atoms with Crippen molar-refractivity contribution < 1.29 is 0 Å². The highest BCUT2D eigenvalue weighted by Gasteiger charge is 2.23. The second kappa shape index (κ2) is 7.97. The van der Waals surface area contributed by atoms with Gasteiger partial charge in [-0.3, -0.25) is 0 Å². The van der Waals surface area contributed by atoms with Gasteiger partial charge in [-0.05, 0) is 44.9 Å². The summed E-state index contributed by atoms with van der Waals surface area (Å²) in [7, 11) is 1.67. The van der Waals surface area contributed by atoms with Crippen LogP contribution in [0, 0.1) is 5.92 Å². The molecule has 1 aliphatic rings. The van der Waals surface area contributed by atoms with Gasteiger partial charge < -0.3 is 9.35 Å². The SMILES string of the molecule is CC(CC1CCC(=NN(C)[Si](C)(C)C)CC1)=NN(C)[Si](C)(C)C. The molecule has 0 bridgehead atoms. The van der Waals surface area contributed by atoms with Gasteiger partial charge in [-0.15, -0.1) is 0 Å². The van der Waals surface area contributed by atoms with E-state index in [4.69, 9.17) is 10.2 Å². The van der Waals surface area contributed by atoms with E-state index in [0.29, 0.717) is 0 Å². The second-order valence-corrected chi connectivity index (χ2v) is 19.0. The largest absolute Gasteiger partial charge is 0.328 e. The topological polar surface area (TPSA) is 31.2 Å². The average Bonchev–Trinajstić information content (AvgIpc) is 2.38. The molecule has 0 aromatic carbocycles. The van der Waals surface area contributed by atoms with Crippen LogP contribution in [0.5, 0.6) is 0 Å². The van der Waals surface area contributed by atoms with Crippen molar-refractivity contribution in [2.75, 3.05) is 14.1 Å². The molecule has 1 rings (SSSR count). The van der Waals surface area contributed by atoms with Crippen LogP contribution < -0.4 is 0 Å². The minimum Gasteiger partial charge on any atom is -0.328 e. The Kier molecular flexibility index (Phi) is 7.07. The fourth-order valence-electron chi connectivity index (χ4n) is 2.54. The summed E-state index contributed by atoms with van der Waals surface area (Å²) in [6.45, 7) is 16.2. The van der Waals surface area contributed by atoms with Crippen LogP contribution in [0.2, 0.25) is 39.3 Å². The maximum absolute atomic E-state index is 4.88. The lowest BCUT2D eigenvalue weighted by atomic mass is 9.85. The van der Waals surface area contributed by atoms with Gasteiger partial charge in [-0.2, -0.15) is 10.2 Å². The molecule has 0 spiro atoms. The molecule has 134 valence electrons. The van der Waals surface area contributed by atoms with Gasteiger partial charge in [0.15, 0.2) is 16.5 Å². The molecule has 23 heavy (non-hydrogen) atoms. The van der Waals surface area contributed by atoms with E-state index < -0.39 is 16.5 Å². The molecule has 1 saturated carbocycles. The molecule has 0 atom stereocenters. The van der Waals surface area contributed by atoms with Crippen molar-refractivity contribution in [3.63, 3.8) is 0 Å². The number of nitrogens with zero attached hydrogens (tertiary/aromatic N) is 4. The highest BCUT2D eigenvalue weighted by atomic mass is 28.3. The van der Waals surface area contributed by atoms with E-state index in [1.165, 1.54) is 24.3 Å². The lowest BCUT2D eigenvalue weighted by Crippen LogP contribution is -2.40. The van der Waals surface area contributed by atoms with Crippen LogP contribution in [0.15, 0.2) is 10.2 Å². The van der Waals surface area contributed by atoms with Crippen molar-refractivity contribution in [1.82, 2.24) is 9.35 Å². The Bertz CT molecular complexity index is 436. The molecule has 0 amide bonds. The smallest absolute Gasteiger partial charge is 0.168 e. The minimum absolute atomic E-state index is 0.782. The van der Waals surface area contributed by atoms with Gasteiger partial charge in [0.05, 0.1) is 0 Å². The summed E-state index contributed by atoms with van der Waals surface area (Å²) in [6.07, 6.45) is 6.00. The summed E-state index contributed by atoms with van der Waals surface area (Å²) in [5.41, 5.74) is 2.69. The van der Waals surface area contributed by atoms with Crippen molar-refractivity contribution in [3.8, 4) is 0 Å². The van der Waals surface area contributed by atoms with E-state index >= 15 is 0 Å². The first-order valence-corrected chi connectivity index (χ1v) is 15.9. The summed E-state index contributed by atoms with van der Waals surface area (Å²) < 4.78 is 4.47. The van der Waals surface area contributed by atoms with Gasteiger partial charge >= 0.3 is 0 Å². The molecule has 0 N–H and O–H groups in total. The summed E-state index contributed by atoms with van der Waals surface area (Å²) in [5.74, 6) is 0.782. The molecule has 6 heteroatoms. The van der Waals surface area contributed by atoms with E-state index in [2.05, 4.69) is 69.7 Å². The zero-order valence-corrected chi connectivity index (χ0v) is 18.9. The van der Waals surface area contributed by atoms with Gasteiger partial charge in [0.25, 0.3) is 0 Å². The highest BCUT2D eigenvalue weighted by molar-refractivity contribution is 6.73. The first-order chi connectivity index (χ1) is 10.4. The Balaban J connectivity index is 2.51. The second-order valence-electron chi connectivity index (χ2n) is 9.04. The van der Waals surface area contributed by atoms with Crippen molar-refractivity contribution in [1.29, 1.82) is 0 Å². The van der Waals surface area contributed by atoms with Gasteiger partial charge in [0.1, 0.15) is 0 Å². The molecule has 0 aromatic heterocycles. The molecule has 0 heterocycles. The number of hydrogen-bond acceptors (Lipinski definition) is 4. The Morgan fingerprint density at radius 2 is 1.43 bits per heavy atom. The summed E-state index contributed by atoms with van der Waals surface area (Å²) in [6, 6.07) is 0. The highest BCUT2D eigenvalue weighted by Crippen LogP contribution is 2.26. The fourth-order valence-corrected chi connectivity index (χ4v) is 3.45. The van der Waals surface area contributed by atoms with Crippen LogP contribution in [0.1, 0.15) is 39.0 Å². The Morgan fingerprint density at radius 3 is 1.87 bits per heavy atom. The summed E-state index contributed by atoms with van der Waals surface area (Å²) in [5, 5.41) is 9.70. The van der Waals surface area contributed by atoms with Crippen molar-refractivity contribution in [2.45, 2.75) is 78.3 Å². The van der Waals surface area contributed by atoms with E-state index in [1.807, 2.05) is 0 Å². The third-order valence-electron chi connectivity index (χ3n) is 4.82. The lowest BCUT2D eigenvalue weighted by molar-refractivity contribution is 0.442. The predicted molar refractivity (Wildman–Crippen MR) is 109 cm³/mol. The Morgan fingerprint density at radius 1 is 0.957 bits per heavy atom. The maximum Gasteiger partial charge on any atom is 0.168 e. The van der Waals surface area contributed by atoms with Gasteiger partial charge in [-0.25, -0.2) is 0 Å². The number of hydrogen-bond donors (Lipinski definition) is 0. The van der Waals surface area contributed by atoms with Crippen LogP contribution in [-0.4, -0.2) is 51.3 Å². The monoisotopic (exact) mass is 354 g/mol. The van der Waals surface area contributed by atoms with Crippen LogP contribution >= 0.6 is 0 Å². The number of rotatable bonds is 6. The number of hydrazone groups is 2. The maximum atomic E-state index is 4.88. The molecule has 1 fully saturated rings. The van der Waals surface area contributed by atoms with Gasteiger partial charge in [-0.1, -0.05) is 39.3 Å². The van der Waals surface area contributed by atoms with E-state index in [-0.39, 0.29) is 0 Å². The molecular weight excluding hydrogens is 316 g/mol. The Labute approximate surface area is 146 Å². The van der Waals surface area contributed by atoms with Crippen molar-refractivity contribution >= 4 is 27.9 Å². The normalized spacial score (nSPS) is 20.5. The van der Waals surface area contributed by atoms with E-state index in [9.17, 15) is 0 Å². The predicted octanol–water partition coefficient (Wildman–Crippen LogP) is 4.83. The van der Waals surface area contributed by atoms with Crippen molar-refractivity contribution in [3.05, 3.63) is 0 Å². The molecule has 4 nitrogen and oxygen atoms in total. The van der Waals surface area contributed by atoms with Crippen molar-refractivity contribution in [2.24, 2.45) is 16.1 Å². The molecule has 0 radical (unpaired) electrons. The quantitative estimate of drug-likeness (QED) is 0.388. The summed E-state index contributed by atoms with van der Waals surface area (Å²) >= 11 is 0. The lowest BCUT2D eigenvalue weighted by Gasteiger charge is -2.31. The zero-order valence-electron chi connectivity index (χ0n) is 16.9. The van der Waals surface area contributed by atoms with Gasteiger partial charge in [0.2, 0.25) is 0 Å². The standard InChI is InChI=1S/C17H38N4Si2/c1-15(18-20(2)22(4,5)6)14-16-10-12-17(13-11-16)19-21(3)23(7,8)9/h16H,10-14H2,1-9H3. The van der Waals surface area contributed by atoms with Crippen LogP contribution in [0.25, 0.3) is 0 Å². The first kappa shape index (κ1) is 20.4. The molecular formula is C17H38N4Si2. The minimum atomic E-state index is -1.31.